The molecule has 0 spiro atoms. The monoisotopic (exact) mass is 1340 g/mol. The molecule has 0 saturated carbocycles. The number of Topliss-reactive ketones (excluding diaryl/α,β-unsaturated/α-hetero) is 4. The lowest BCUT2D eigenvalue weighted by molar-refractivity contribution is -0.388. The van der Waals surface area contributed by atoms with E-state index < -0.39 is 95.7 Å². The van der Waals surface area contributed by atoms with Crippen molar-refractivity contribution in [1.82, 2.24) is 40.1 Å². The number of nitrogens with two attached hydrogens (primary N) is 3. The number of aromatic nitrogens is 1. The molecule has 0 aliphatic carbocycles. The third-order valence-corrected chi connectivity index (χ3v) is 14.6. The summed E-state index contributed by atoms with van der Waals surface area (Å²) < 4.78 is 5.23. The van der Waals surface area contributed by atoms with Crippen molar-refractivity contribution in [3.63, 3.8) is 0 Å². The molecule has 3 atom stereocenters. The SMILES string of the molecule is CC(=O)C(CCCCNC(=O)CN1C(=O)C=CC1=O)NC(=O)CN1C(=O)C=CC1=O.CC(=O)C(N)CCCCN.CC(=O)C(N)CSSc1ncccc1[N+](=O)[O-].CC(=O)CN(CC(=O)N(CC(=O)O)Cc1ccccc1)C(=O)OC(C)(C)C.CCN1C(=O)C=CC1=O. The lowest BCUT2D eigenvalue weighted by atomic mass is 10.1. The fraction of sp³-hybridized carbons (Fsp3) is 0.467. The predicted molar refractivity (Wildman–Crippen MR) is 340 cm³/mol. The second-order valence-electron chi connectivity index (χ2n) is 21.4. The summed E-state index contributed by atoms with van der Waals surface area (Å²) in [5.41, 5.74) is 16.2. The quantitative estimate of drug-likeness (QED) is 0.0206. The number of carbonyl (C=O) groups excluding carboxylic acids is 14. The summed E-state index contributed by atoms with van der Waals surface area (Å²) in [4.78, 5) is 191. The van der Waals surface area contributed by atoms with Crippen molar-refractivity contribution in [2.75, 3.05) is 58.1 Å². The van der Waals surface area contributed by atoms with Crippen molar-refractivity contribution in [2.24, 2.45) is 17.2 Å². The van der Waals surface area contributed by atoms with E-state index in [-0.39, 0.29) is 72.9 Å². The van der Waals surface area contributed by atoms with E-state index in [0.29, 0.717) is 43.1 Å². The zero-order chi connectivity index (χ0) is 70.5. The Balaban J connectivity index is 0.000000623. The molecular formula is C60H82N12O19S2. The van der Waals surface area contributed by atoms with Gasteiger partial charge < -0.3 is 42.6 Å². The van der Waals surface area contributed by atoms with Crippen LogP contribution >= 0.6 is 21.6 Å². The fourth-order valence-electron chi connectivity index (χ4n) is 7.40. The molecule has 1 aromatic carbocycles. The number of hydrogen-bond donors (Lipinski definition) is 6. The number of aliphatic carboxylic acids is 1. The molecule has 5 rings (SSSR count). The molecule has 0 saturated heterocycles. The summed E-state index contributed by atoms with van der Waals surface area (Å²) in [5, 5.41) is 25.2. The molecule has 2 aromatic rings. The summed E-state index contributed by atoms with van der Waals surface area (Å²) in [5.74, 6) is -5.76. The van der Waals surface area contributed by atoms with Gasteiger partial charge in [-0.05, 0) is 116 Å². The van der Waals surface area contributed by atoms with Gasteiger partial charge in [-0.2, -0.15) is 0 Å². The maximum Gasteiger partial charge on any atom is 0.411 e. The molecule has 0 bridgehead atoms. The van der Waals surface area contributed by atoms with Crippen molar-refractivity contribution in [1.29, 1.82) is 0 Å². The summed E-state index contributed by atoms with van der Waals surface area (Å²) in [6, 6.07) is 10.2. The van der Waals surface area contributed by atoms with Gasteiger partial charge in [0, 0.05) is 74.1 Å². The molecule has 9 N–H and O–H groups in total. The van der Waals surface area contributed by atoms with Gasteiger partial charge in [0.25, 0.3) is 35.4 Å². The third-order valence-electron chi connectivity index (χ3n) is 12.3. The number of nitrogens with one attached hydrogen (secondary N) is 2. The van der Waals surface area contributed by atoms with Crippen LogP contribution in [0.4, 0.5) is 10.5 Å². The van der Waals surface area contributed by atoms with Gasteiger partial charge >= 0.3 is 17.7 Å². The van der Waals surface area contributed by atoms with Gasteiger partial charge in [0.2, 0.25) is 17.7 Å². The number of carboxylic acids is 1. The number of ether oxygens (including phenoxy) is 1. The predicted octanol–water partition coefficient (Wildman–Crippen LogP) is 1.73. The number of nitro groups is 1. The van der Waals surface area contributed by atoms with E-state index in [2.05, 4.69) is 15.6 Å². The number of carbonyl (C=O) groups is 15. The highest BCUT2D eigenvalue weighted by Crippen LogP contribution is 2.35. The number of likely N-dealkylation sites (N-methyl/N-ethyl adjacent to an activating group) is 1. The molecule has 0 fully saturated rings. The average molecular weight is 1340 g/mol. The zero-order valence-electron chi connectivity index (χ0n) is 53.1. The molecule has 508 valence electrons. The molecule has 3 aliphatic heterocycles. The Hall–Kier alpha value is -9.18. The van der Waals surface area contributed by atoms with E-state index >= 15 is 0 Å². The van der Waals surface area contributed by atoms with Crippen LogP contribution in [0.25, 0.3) is 0 Å². The van der Waals surface area contributed by atoms with Crippen LogP contribution in [0.3, 0.4) is 0 Å². The largest absolute Gasteiger partial charge is 0.480 e. The highest BCUT2D eigenvalue weighted by atomic mass is 33.1. The van der Waals surface area contributed by atoms with Crippen molar-refractivity contribution in [3.05, 3.63) is 101 Å². The summed E-state index contributed by atoms with van der Waals surface area (Å²) in [6.45, 7) is 11.7. The normalized spacial score (nSPS) is 13.8. The van der Waals surface area contributed by atoms with Crippen LogP contribution in [0.5, 0.6) is 0 Å². The first-order valence-electron chi connectivity index (χ1n) is 28.9. The number of nitrogens with zero attached hydrogens (tertiary/aromatic N) is 7. The van der Waals surface area contributed by atoms with E-state index in [1.54, 1.807) is 52.0 Å². The van der Waals surface area contributed by atoms with Gasteiger partial charge in [0.15, 0.2) is 10.8 Å². The second-order valence-corrected chi connectivity index (χ2v) is 23.7. The summed E-state index contributed by atoms with van der Waals surface area (Å²) in [6.07, 6.45) is 11.6. The van der Waals surface area contributed by atoms with Gasteiger partial charge in [-0.1, -0.05) is 47.5 Å². The lowest BCUT2D eigenvalue weighted by Gasteiger charge is -2.28. The third kappa shape index (κ3) is 33.6. The first-order valence-corrected chi connectivity index (χ1v) is 31.2. The number of unbranched alkanes of at least 4 members (excludes halogenated alkanes) is 2. The molecule has 31 nitrogen and oxygen atoms in total. The van der Waals surface area contributed by atoms with Crippen LogP contribution in [0.15, 0.2) is 90.1 Å². The van der Waals surface area contributed by atoms with Crippen LogP contribution < -0.4 is 27.8 Å². The number of rotatable bonds is 31. The van der Waals surface area contributed by atoms with Gasteiger partial charge in [-0.15, -0.1) is 0 Å². The van der Waals surface area contributed by atoms with Crippen LogP contribution in [0, 0.1) is 10.1 Å². The molecule has 93 heavy (non-hydrogen) atoms. The van der Waals surface area contributed by atoms with Crippen LogP contribution in [-0.2, 0) is 78.4 Å². The molecule has 10 amide bonds. The van der Waals surface area contributed by atoms with Crippen LogP contribution in [0.1, 0.15) is 99.5 Å². The van der Waals surface area contributed by atoms with Gasteiger partial charge in [-0.3, -0.25) is 96.8 Å². The molecule has 33 heteroatoms. The first-order chi connectivity index (χ1) is 43.6. The van der Waals surface area contributed by atoms with Gasteiger partial charge in [-0.25, -0.2) is 9.78 Å². The smallest absolute Gasteiger partial charge is 0.411 e. The Morgan fingerprint density at radius 1 is 0.677 bits per heavy atom. The number of amides is 10. The highest BCUT2D eigenvalue weighted by Gasteiger charge is 2.30. The molecule has 3 unspecified atom stereocenters. The Morgan fingerprint density at radius 3 is 1.65 bits per heavy atom. The number of imide groups is 3. The number of ketones is 4. The Morgan fingerprint density at radius 2 is 1.19 bits per heavy atom. The van der Waals surface area contributed by atoms with E-state index in [1.807, 2.05) is 6.07 Å². The second kappa shape index (κ2) is 42.8. The summed E-state index contributed by atoms with van der Waals surface area (Å²) in [7, 11) is 2.43. The number of carboxylic acid groups (broad SMARTS) is 1. The van der Waals surface area contributed by atoms with Crippen molar-refractivity contribution < 1.29 is 86.7 Å². The maximum atomic E-state index is 12.6. The average Bonchev–Trinajstić information content (AvgIpc) is 1.97. The Bertz CT molecular complexity index is 3050. The minimum absolute atomic E-state index is 0.0404. The van der Waals surface area contributed by atoms with Crippen molar-refractivity contribution >= 4 is 116 Å². The van der Waals surface area contributed by atoms with E-state index in [9.17, 15) is 82.0 Å². The fourth-order valence-corrected chi connectivity index (χ4v) is 9.66. The van der Waals surface area contributed by atoms with Crippen LogP contribution in [0.2, 0.25) is 0 Å². The number of hydrogen-bond acceptors (Lipinski definition) is 24. The van der Waals surface area contributed by atoms with Gasteiger partial charge in [0.05, 0.1) is 29.6 Å². The molecule has 4 heterocycles. The zero-order valence-corrected chi connectivity index (χ0v) is 54.7. The number of benzene rings is 1. The Kier molecular flexibility index (Phi) is 37.7. The highest BCUT2D eigenvalue weighted by molar-refractivity contribution is 8.76. The molecular weight excluding hydrogens is 1260 g/mol. The standard InChI is InChI=1S/C19H22N4O7.C19H26N2O6.C9H11N3O3S2.C7H16N2O.C6H7NO2/c1-12(24)13(21-15(26)11-23-18(29)7-8-19(23)30)4-2-3-9-20-14(25)10-22-16(27)5-6-17(22)28;1-14(22)10-21(18(26)27-19(2,3)4)12-16(23)20(13-17(24)25)11-15-8-6-5-7-9-15;1-6(13)7(10)5-16-17-9-8(12(14)15)3-2-4-11-9;1-6(10)7(9)4-2-3-5-8;1-2-7-5(8)3-4-6(7)9/h5-8,13H,2-4,9-11H2,1H3,(H,20,25)(H,21,26);5-9H,10-13H2,1-4H3,(H,24,25);2-4,7H,5,10H2,1H3;7H,2-5,8-9H2,1H3;3-4H,2H2,1H3. The van der Waals surface area contributed by atoms with Gasteiger partial charge in [0.1, 0.15) is 49.1 Å². The van der Waals surface area contributed by atoms with Crippen LogP contribution in [-0.4, -0.2) is 210 Å². The Labute approximate surface area is 545 Å². The molecule has 0 radical (unpaired) electrons. The van der Waals surface area contributed by atoms with Crippen molar-refractivity contribution in [2.45, 2.75) is 129 Å². The maximum absolute atomic E-state index is 12.6. The van der Waals surface area contributed by atoms with E-state index in [1.165, 1.54) is 73.9 Å². The molecule has 3 aliphatic rings. The number of pyridine rings is 1. The first kappa shape index (κ1) is 81.8. The lowest BCUT2D eigenvalue weighted by Crippen LogP contribution is -2.47. The molecule has 1 aromatic heterocycles. The minimum Gasteiger partial charge on any atom is -0.480 e. The van der Waals surface area contributed by atoms with E-state index in [0.717, 1.165) is 79.5 Å². The summed E-state index contributed by atoms with van der Waals surface area (Å²) >= 11 is 0. The van der Waals surface area contributed by atoms with Crippen molar-refractivity contribution in [3.8, 4) is 0 Å². The minimum atomic E-state index is -1.17. The van der Waals surface area contributed by atoms with E-state index in [4.69, 9.17) is 27.0 Å². The topological polar surface area (TPSA) is 460 Å².